The Bertz CT molecular complexity index is 288. The molecule has 0 radical (unpaired) electrons. The summed E-state index contributed by atoms with van der Waals surface area (Å²) in [5.41, 5.74) is 0. The highest BCUT2D eigenvalue weighted by Crippen LogP contribution is 2.12. The van der Waals surface area contributed by atoms with Crippen LogP contribution in [0.15, 0.2) is 0 Å². The van der Waals surface area contributed by atoms with E-state index < -0.39 is 0 Å². The van der Waals surface area contributed by atoms with Crippen LogP contribution in [-0.2, 0) is 9.59 Å². The normalized spacial score (nSPS) is 12.6. The van der Waals surface area contributed by atoms with Gasteiger partial charge in [-0.1, -0.05) is 34.6 Å². The molecule has 0 saturated carbocycles. The van der Waals surface area contributed by atoms with Gasteiger partial charge < -0.3 is 10.2 Å². The molecule has 4 heteroatoms. The Balaban J connectivity index is 3.92. The molecule has 1 atom stereocenters. The zero-order chi connectivity index (χ0) is 15.0. The minimum atomic E-state index is 0.00834. The van der Waals surface area contributed by atoms with Gasteiger partial charge in [-0.15, -0.1) is 0 Å². The Kier molecular flexibility index (Phi) is 8.44. The monoisotopic (exact) mass is 270 g/mol. The lowest BCUT2D eigenvalue weighted by molar-refractivity contribution is -0.135. The van der Waals surface area contributed by atoms with Crippen LogP contribution in [0.1, 0.15) is 47.5 Å². The molecule has 0 rings (SSSR count). The smallest absolute Gasteiger partial charge is 0.225 e. The van der Waals surface area contributed by atoms with Crippen LogP contribution in [0.4, 0.5) is 0 Å². The van der Waals surface area contributed by atoms with Crippen molar-refractivity contribution in [2.45, 2.75) is 47.5 Å². The summed E-state index contributed by atoms with van der Waals surface area (Å²) in [4.78, 5) is 25.3. The number of carbonyl (C=O) groups is 2. The maximum atomic E-state index is 12.0. The van der Waals surface area contributed by atoms with Crippen LogP contribution in [0.2, 0.25) is 0 Å². The third kappa shape index (κ3) is 7.85. The lowest BCUT2D eigenvalue weighted by atomic mass is 9.97. The number of nitrogens with one attached hydrogen (secondary N) is 1. The quantitative estimate of drug-likeness (QED) is 0.735. The first-order valence-corrected chi connectivity index (χ1v) is 7.27. The van der Waals surface area contributed by atoms with Crippen molar-refractivity contribution in [1.82, 2.24) is 10.2 Å². The van der Waals surface area contributed by atoms with E-state index in [9.17, 15) is 9.59 Å². The molecule has 0 spiro atoms. The molecule has 0 aromatic carbocycles. The van der Waals surface area contributed by atoms with Crippen molar-refractivity contribution in [3.05, 3.63) is 0 Å². The summed E-state index contributed by atoms with van der Waals surface area (Å²) in [5, 5.41) is 2.88. The Morgan fingerprint density at radius 3 is 2.16 bits per heavy atom. The van der Waals surface area contributed by atoms with Gasteiger partial charge in [0.25, 0.3) is 0 Å². The molecule has 0 aromatic rings. The average molecular weight is 270 g/mol. The van der Waals surface area contributed by atoms with E-state index in [4.69, 9.17) is 0 Å². The highest BCUT2D eigenvalue weighted by molar-refractivity contribution is 5.80. The van der Waals surface area contributed by atoms with Crippen molar-refractivity contribution in [2.75, 3.05) is 20.1 Å². The standard InChI is InChI=1S/C15H30N2O2/c1-11(2)7-9-16-14(18)8-10-17(6)15(19)13(5)12(3)4/h11-13H,7-10H2,1-6H3,(H,16,18). The molecule has 0 heterocycles. The molecule has 112 valence electrons. The highest BCUT2D eigenvalue weighted by atomic mass is 16.2. The lowest BCUT2D eigenvalue weighted by Crippen LogP contribution is -2.37. The largest absolute Gasteiger partial charge is 0.356 e. The third-order valence-corrected chi connectivity index (χ3v) is 3.48. The fourth-order valence-corrected chi connectivity index (χ4v) is 1.60. The molecule has 0 aliphatic carbocycles. The third-order valence-electron chi connectivity index (χ3n) is 3.48. The van der Waals surface area contributed by atoms with Crippen LogP contribution in [0.25, 0.3) is 0 Å². The molecule has 0 saturated heterocycles. The molecule has 0 bridgehead atoms. The van der Waals surface area contributed by atoms with Crippen molar-refractivity contribution in [2.24, 2.45) is 17.8 Å². The van der Waals surface area contributed by atoms with E-state index in [2.05, 4.69) is 19.2 Å². The summed E-state index contributed by atoms with van der Waals surface area (Å²) in [6.45, 7) is 11.5. The number of carbonyl (C=O) groups excluding carboxylic acids is 2. The molecule has 1 N–H and O–H groups in total. The summed E-state index contributed by atoms with van der Waals surface area (Å²) in [6, 6.07) is 0. The molecular weight excluding hydrogens is 240 g/mol. The number of amides is 2. The molecule has 0 aliphatic heterocycles. The molecule has 4 nitrogen and oxygen atoms in total. The van der Waals surface area contributed by atoms with Gasteiger partial charge in [-0.2, -0.15) is 0 Å². The first-order chi connectivity index (χ1) is 8.75. The topological polar surface area (TPSA) is 49.4 Å². The molecule has 1 unspecified atom stereocenters. The number of nitrogens with zero attached hydrogens (tertiary/aromatic N) is 1. The van der Waals surface area contributed by atoms with Crippen LogP contribution >= 0.6 is 0 Å². The van der Waals surface area contributed by atoms with Crippen molar-refractivity contribution in [3.63, 3.8) is 0 Å². The van der Waals surface area contributed by atoms with Crippen LogP contribution in [0, 0.1) is 17.8 Å². The molecule has 0 aliphatic rings. The molecule has 0 fully saturated rings. The minimum absolute atomic E-state index is 0.00834. The molecule has 2 amide bonds. The van der Waals surface area contributed by atoms with E-state index in [1.165, 1.54) is 0 Å². The molecular formula is C15H30N2O2. The second kappa shape index (κ2) is 8.94. The summed E-state index contributed by atoms with van der Waals surface area (Å²) < 4.78 is 0. The van der Waals surface area contributed by atoms with Gasteiger partial charge in [-0.05, 0) is 18.3 Å². The van der Waals surface area contributed by atoms with Crippen molar-refractivity contribution in [3.8, 4) is 0 Å². The first-order valence-electron chi connectivity index (χ1n) is 7.27. The zero-order valence-electron chi connectivity index (χ0n) is 13.3. The second-order valence-electron chi connectivity index (χ2n) is 6.07. The molecule has 19 heavy (non-hydrogen) atoms. The predicted molar refractivity (Wildman–Crippen MR) is 78.7 cm³/mol. The Hall–Kier alpha value is -1.06. The van der Waals surface area contributed by atoms with Gasteiger partial charge in [0.1, 0.15) is 0 Å². The maximum absolute atomic E-state index is 12.0. The Morgan fingerprint density at radius 1 is 1.11 bits per heavy atom. The number of hydrogen-bond acceptors (Lipinski definition) is 2. The van der Waals surface area contributed by atoms with Gasteiger partial charge in [0.2, 0.25) is 11.8 Å². The Morgan fingerprint density at radius 2 is 1.68 bits per heavy atom. The minimum Gasteiger partial charge on any atom is -0.356 e. The SMILES string of the molecule is CC(C)CCNC(=O)CCN(C)C(=O)C(C)C(C)C. The van der Waals surface area contributed by atoms with Crippen LogP contribution in [-0.4, -0.2) is 36.9 Å². The van der Waals surface area contributed by atoms with E-state index >= 15 is 0 Å². The summed E-state index contributed by atoms with van der Waals surface area (Å²) in [5.74, 6) is 1.07. The first kappa shape index (κ1) is 17.9. The summed E-state index contributed by atoms with van der Waals surface area (Å²) >= 11 is 0. The van der Waals surface area contributed by atoms with E-state index in [0.717, 1.165) is 13.0 Å². The van der Waals surface area contributed by atoms with Crippen LogP contribution < -0.4 is 5.32 Å². The Labute approximate surface area is 117 Å². The fourth-order valence-electron chi connectivity index (χ4n) is 1.60. The summed E-state index contributed by atoms with van der Waals surface area (Å²) in [6.07, 6.45) is 1.37. The average Bonchev–Trinajstić information content (AvgIpc) is 2.33. The number of hydrogen-bond donors (Lipinski definition) is 1. The number of rotatable bonds is 8. The van der Waals surface area contributed by atoms with Gasteiger partial charge in [0, 0.05) is 32.5 Å². The van der Waals surface area contributed by atoms with E-state index in [1.54, 1.807) is 11.9 Å². The van der Waals surface area contributed by atoms with Crippen LogP contribution in [0.3, 0.4) is 0 Å². The highest BCUT2D eigenvalue weighted by Gasteiger charge is 2.20. The van der Waals surface area contributed by atoms with Crippen molar-refractivity contribution in [1.29, 1.82) is 0 Å². The van der Waals surface area contributed by atoms with Gasteiger partial charge in [0.05, 0.1) is 0 Å². The van der Waals surface area contributed by atoms with E-state index in [-0.39, 0.29) is 17.7 Å². The van der Waals surface area contributed by atoms with Crippen LogP contribution in [0.5, 0.6) is 0 Å². The summed E-state index contributed by atoms with van der Waals surface area (Å²) in [7, 11) is 1.77. The van der Waals surface area contributed by atoms with E-state index in [0.29, 0.717) is 24.8 Å². The van der Waals surface area contributed by atoms with Gasteiger partial charge in [-0.25, -0.2) is 0 Å². The van der Waals surface area contributed by atoms with Crippen molar-refractivity contribution < 1.29 is 9.59 Å². The molecule has 0 aromatic heterocycles. The zero-order valence-corrected chi connectivity index (χ0v) is 13.3. The lowest BCUT2D eigenvalue weighted by Gasteiger charge is -2.23. The second-order valence-corrected chi connectivity index (χ2v) is 6.07. The van der Waals surface area contributed by atoms with Gasteiger partial charge in [0.15, 0.2) is 0 Å². The fraction of sp³-hybridized carbons (Fsp3) is 0.867. The van der Waals surface area contributed by atoms with Gasteiger partial charge in [-0.3, -0.25) is 9.59 Å². The van der Waals surface area contributed by atoms with E-state index in [1.807, 2.05) is 20.8 Å². The van der Waals surface area contributed by atoms with Gasteiger partial charge >= 0.3 is 0 Å². The maximum Gasteiger partial charge on any atom is 0.225 e. The van der Waals surface area contributed by atoms with Crippen molar-refractivity contribution >= 4 is 11.8 Å². The predicted octanol–water partition coefficient (Wildman–Crippen LogP) is 2.29.